The number of sulfonamides is 1. The largest absolute Gasteiger partial charge is 0.496 e. The van der Waals surface area contributed by atoms with Crippen LogP contribution in [-0.2, 0) is 10.0 Å². The second kappa shape index (κ2) is 8.52. The van der Waals surface area contributed by atoms with E-state index in [0.717, 1.165) is 43.0 Å². The summed E-state index contributed by atoms with van der Waals surface area (Å²) >= 11 is 0. The van der Waals surface area contributed by atoms with Crippen LogP contribution in [0.3, 0.4) is 0 Å². The van der Waals surface area contributed by atoms with Crippen molar-refractivity contribution in [2.45, 2.75) is 24.7 Å². The molecule has 3 heterocycles. The number of aliphatic imine (C=N–C) groups is 1. The minimum absolute atomic E-state index is 0.247. The fourth-order valence-corrected chi connectivity index (χ4v) is 5.43. The predicted octanol–water partition coefficient (Wildman–Crippen LogP) is 1.28. The third-order valence-electron chi connectivity index (χ3n) is 5.81. The molecule has 4 rings (SSSR count). The van der Waals surface area contributed by atoms with Crippen molar-refractivity contribution in [3.05, 3.63) is 47.1 Å². The van der Waals surface area contributed by atoms with Crippen LogP contribution >= 0.6 is 0 Å². The van der Waals surface area contributed by atoms with Gasteiger partial charge in [0.1, 0.15) is 17.3 Å². The number of likely N-dealkylation sites (N-methyl/N-ethyl adjacent to an activating group) is 2. The quantitative estimate of drug-likeness (QED) is 0.681. The Labute approximate surface area is 184 Å². The third-order valence-corrected chi connectivity index (χ3v) is 7.70. The first-order valence-electron chi connectivity index (χ1n) is 10.5. The van der Waals surface area contributed by atoms with Crippen molar-refractivity contribution in [1.82, 2.24) is 25.0 Å². The van der Waals surface area contributed by atoms with E-state index in [1.165, 1.54) is 0 Å². The lowest BCUT2D eigenvalue weighted by atomic mass is 10.1. The highest BCUT2D eigenvalue weighted by Crippen LogP contribution is 2.30. The zero-order valence-electron chi connectivity index (χ0n) is 18.5. The summed E-state index contributed by atoms with van der Waals surface area (Å²) in [5.74, 6) is 1.13. The van der Waals surface area contributed by atoms with Crippen molar-refractivity contribution >= 4 is 15.9 Å². The van der Waals surface area contributed by atoms with E-state index in [4.69, 9.17) is 4.74 Å². The van der Waals surface area contributed by atoms with Gasteiger partial charge in [0.25, 0.3) is 0 Å². The molecule has 10 heteroatoms. The molecule has 1 aromatic carbocycles. The van der Waals surface area contributed by atoms with Crippen molar-refractivity contribution in [3.8, 4) is 5.75 Å². The van der Waals surface area contributed by atoms with Crippen LogP contribution in [-0.4, -0.2) is 75.9 Å². The zero-order valence-corrected chi connectivity index (χ0v) is 19.3. The number of allylic oxidation sites excluding steroid dienone is 1. The molecule has 1 fully saturated rings. The second-order valence-electron chi connectivity index (χ2n) is 7.96. The Bertz CT molecular complexity index is 1050. The molecule has 31 heavy (non-hydrogen) atoms. The number of nitrogens with one attached hydrogen (secondary N) is 2. The molecule has 0 radical (unpaired) electrons. The average Bonchev–Trinajstić information content (AvgIpc) is 3.08. The van der Waals surface area contributed by atoms with E-state index >= 15 is 0 Å². The van der Waals surface area contributed by atoms with Crippen LogP contribution in [0.1, 0.15) is 25.3 Å². The minimum atomic E-state index is -3.60. The zero-order chi connectivity index (χ0) is 22.2. The van der Waals surface area contributed by atoms with E-state index in [1.807, 2.05) is 19.1 Å². The van der Waals surface area contributed by atoms with Gasteiger partial charge >= 0.3 is 0 Å². The lowest BCUT2D eigenvalue weighted by Crippen LogP contribution is -2.47. The van der Waals surface area contributed by atoms with Crippen LogP contribution in [0.5, 0.6) is 5.75 Å². The van der Waals surface area contributed by atoms with E-state index in [0.29, 0.717) is 30.2 Å². The van der Waals surface area contributed by atoms with Gasteiger partial charge in [-0.2, -0.15) is 4.31 Å². The number of fused-ring (bicyclic) bond motifs is 1. The molecule has 0 unspecified atom stereocenters. The monoisotopic (exact) mass is 446 g/mol. The highest BCUT2D eigenvalue weighted by atomic mass is 32.2. The molecule has 0 bridgehead atoms. The third kappa shape index (κ3) is 4.02. The van der Waals surface area contributed by atoms with E-state index < -0.39 is 10.0 Å². The smallest absolute Gasteiger partial charge is 0.243 e. The normalized spacial score (nSPS) is 20.1. The molecule has 2 N–H and O–H groups in total. The van der Waals surface area contributed by atoms with Gasteiger partial charge in [-0.05, 0) is 31.7 Å². The Morgan fingerprint density at radius 1 is 1.16 bits per heavy atom. The molecule has 0 spiro atoms. The average molecular weight is 447 g/mol. The lowest BCUT2D eigenvalue weighted by Gasteiger charge is -2.31. The maximum absolute atomic E-state index is 13.3. The number of nitrogens with zero attached hydrogens (tertiary/aromatic N) is 4. The molecular weight excluding hydrogens is 416 g/mol. The Balaban J connectivity index is 1.70. The van der Waals surface area contributed by atoms with Gasteiger partial charge in [0, 0.05) is 33.2 Å². The number of hydrogen-bond acceptors (Lipinski definition) is 8. The Hall–Kier alpha value is -2.56. The van der Waals surface area contributed by atoms with E-state index in [1.54, 1.807) is 35.8 Å². The summed E-state index contributed by atoms with van der Waals surface area (Å²) < 4.78 is 33.6. The molecule has 9 nitrogen and oxygen atoms in total. The summed E-state index contributed by atoms with van der Waals surface area (Å²) in [6.07, 6.45) is 3.69. The number of ether oxygens (including phenoxy) is 1. The fraction of sp³-hybridized carbons (Fsp3) is 0.476. The SMILES string of the molecule is CCCC1=C2NC(c3cc(S(=O)(=O)N4CCN(C)CC4)ccc3OC)=NC=C2N(C)N1. The van der Waals surface area contributed by atoms with Gasteiger partial charge in [0.2, 0.25) is 10.0 Å². The van der Waals surface area contributed by atoms with Crippen LogP contribution in [0, 0.1) is 0 Å². The second-order valence-corrected chi connectivity index (χ2v) is 9.90. The molecule has 0 saturated carbocycles. The molecule has 1 saturated heterocycles. The van der Waals surface area contributed by atoms with Crippen molar-refractivity contribution in [1.29, 1.82) is 0 Å². The van der Waals surface area contributed by atoms with Crippen molar-refractivity contribution in [3.63, 3.8) is 0 Å². The molecule has 1 aromatic rings. The summed E-state index contributed by atoms with van der Waals surface area (Å²) in [4.78, 5) is 6.95. The van der Waals surface area contributed by atoms with Gasteiger partial charge < -0.3 is 20.4 Å². The topological polar surface area (TPSA) is 89.5 Å². The number of hydrazine groups is 1. The molecule has 0 aromatic heterocycles. The number of rotatable bonds is 6. The van der Waals surface area contributed by atoms with Gasteiger partial charge in [-0.1, -0.05) is 13.3 Å². The van der Waals surface area contributed by atoms with Crippen LogP contribution in [0.15, 0.2) is 51.4 Å². The van der Waals surface area contributed by atoms with Gasteiger partial charge in [-0.15, -0.1) is 0 Å². The van der Waals surface area contributed by atoms with E-state index in [9.17, 15) is 8.42 Å². The van der Waals surface area contributed by atoms with E-state index in [2.05, 4.69) is 27.6 Å². The summed E-state index contributed by atoms with van der Waals surface area (Å²) in [7, 11) is 1.92. The molecule has 0 atom stereocenters. The van der Waals surface area contributed by atoms with Crippen molar-refractivity contribution in [2.75, 3.05) is 47.4 Å². The Morgan fingerprint density at radius 3 is 2.58 bits per heavy atom. The highest BCUT2D eigenvalue weighted by Gasteiger charge is 2.31. The minimum Gasteiger partial charge on any atom is -0.496 e. The molecule has 3 aliphatic rings. The summed E-state index contributed by atoms with van der Waals surface area (Å²) in [5.41, 5.74) is 6.97. The summed E-state index contributed by atoms with van der Waals surface area (Å²) in [5, 5.41) is 5.33. The molecule has 0 amide bonds. The fourth-order valence-electron chi connectivity index (χ4n) is 3.99. The number of hydrogen-bond donors (Lipinski definition) is 2. The molecule has 0 aliphatic carbocycles. The van der Waals surface area contributed by atoms with Crippen LogP contribution in [0.2, 0.25) is 0 Å². The summed E-state index contributed by atoms with van der Waals surface area (Å²) in [6, 6.07) is 4.96. The number of amidine groups is 1. The first-order chi connectivity index (χ1) is 14.8. The number of piperazine rings is 1. The Morgan fingerprint density at radius 2 is 1.90 bits per heavy atom. The van der Waals surface area contributed by atoms with Gasteiger partial charge in [-0.25, -0.2) is 13.4 Å². The number of benzene rings is 1. The maximum atomic E-state index is 13.3. The van der Waals surface area contributed by atoms with Crippen LogP contribution < -0.4 is 15.5 Å². The van der Waals surface area contributed by atoms with Crippen molar-refractivity contribution in [2.24, 2.45) is 4.99 Å². The van der Waals surface area contributed by atoms with Gasteiger partial charge in [0.05, 0.1) is 35.2 Å². The van der Waals surface area contributed by atoms with Gasteiger partial charge in [-0.3, -0.25) is 5.01 Å². The van der Waals surface area contributed by atoms with E-state index in [-0.39, 0.29) is 4.90 Å². The maximum Gasteiger partial charge on any atom is 0.243 e. The Kier molecular flexibility index (Phi) is 5.96. The molecular formula is C21H30N6O3S. The standard InChI is InChI=1S/C21H30N6O3S/c1-5-6-17-20-18(26(3)24-17)14-22-21(23-20)16-13-15(7-8-19(16)30-4)31(28,29)27-11-9-25(2)10-12-27/h7-8,13-14,24H,5-6,9-12H2,1-4H3,(H,22,23). The number of methoxy groups -OCH3 is 1. The first kappa shape index (κ1) is 21.7. The highest BCUT2D eigenvalue weighted by molar-refractivity contribution is 7.89. The van der Waals surface area contributed by atoms with Crippen LogP contribution in [0.4, 0.5) is 0 Å². The summed E-state index contributed by atoms with van der Waals surface area (Å²) in [6.45, 7) is 4.54. The van der Waals surface area contributed by atoms with Crippen LogP contribution in [0.25, 0.3) is 0 Å². The lowest BCUT2D eigenvalue weighted by molar-refractivity contribution is 0.222. The predicted molar refractivity (Wildman–Crippen MR) is 120 cm³/mol. The molecule has 168 valence electrons. The van der Waals surface area contributed by atoms with Crippen molar-refractivity contribution < 1.29 is 13.2 Å². The molecule has 3 aliphatic heterocycles. The van der Waals surface area contributed by atoms with Gasteiger partial charge in [0.15, 0.2) is 0 Å². The first-order valence-corrected chi connectivity index (χ1v) is 11.9.